The summed E-state index contributed by atoms with van der Waals surface area (Å²) in [5.41, 5.74) is 4.77. The molecule has 4 heteroatoms. The summed E-state index contributed by atoms with van der Waals surface area (Å²) in [6, 6.07) is 33.3. The number of fused-ring (bicyclic) bond motifs is 4. The van der Waals surface area contributed by atoms with E-state index in [2.05, 4.69) is 48.5 Å². The van der Waals surface area contributed by atoms with Gasteiger partial charge in [-0.25, -0.2) is 0 Å². The van der Waals surface area contributed by atoms with E-state index in [1.807, 2.05) is 48.5 Å². The highest BCUT2D eigenvalue weighted by molar-refractivity contribution is 6.23. The molecule has 0 saturated carbocycles. The normalized spacial score (nSPS) is 11.2. The lowest BCUT2D eigenvalue weighted by Gasteiger charge is -2.13. The summed E-state index contributed by atoms with van der Waals surface area (Å²) in [5, 5.41) is 9.68. The van der Waals surface area contributed by atoms with Gasteiger partial charge in [-0.05, 0) is 65.3 Å². The molecule has 0 spiro atoms. The van der Waals surface area contributed by atoms with Gasteiger partial charge in [0.1, 0.15) is 0 Å². The minimum atomic E-state index is 0.517. The van der Waals surface area contributed by atoms with Crippen LogP contribution in [0.4, 0.5) is 0 Å². The lowest BCUT2D eigenvalue weighted by Crippen LogP contribution is -1.92. The highest BCUT2D eigenvalue weighted by atomic mass is 35.5. The molecule has 36 heavy (non-hydrogen) atoms. The van der Waals surface area contributed by atoms with E-state index in [0.29, 0.717) is 23.5 Å². The monoisotopic (exact) mass is 548 g/mol. The van der Waals surface area contributed by atoms with Crippen LogP contribution in [-0.4, -0.2) is 0 Å². The first-order valence-electron chi connectivity index (χ1n) is 11.8. The van der Waals surface area contributed by atoms with E-state index in [-0.39, 0.29) is 0 Å². The lowest BCUT2D eigenvalue weighted by molar-refractivity contribution is 1.44. The molecule has 0 amide bonds. The van der Waals surface area contributed by atoms with Gasteiger partial charge in [-0.1, -0.05) is 97.1 Å². The van der Waals surface area contributed by atoms with E-state index in [0.717, 1.165) is 0 Å². The van der Waals surface area contributed by atoms with Crippen molar-refractivity contribution in [1.29, 1.82) is 0 Å². The van der Waals surface area contributed by atoms with Gasteiger partial charge >= 0.3 is 0 Å². The van der Waals surface area contributed by atoms with Crippen molar-refractivity contribution in [2.45, 2.75) is 23.5 Å². The third kappa shape index (κ3) is 4.42. The quantitative estimate of drug-likeness (QED) is 0.151. The summed E-state index contributed by atoms with van der Waals surface area (Å²) in [6.07, 6.45) is 0. The molecule has 6 rings (SSSR count). The summed E-state index contributed by atoms with van der Waals surface area (Å²) in [4.78, 5) is 0. The van der Waals surface area contributed by atoms with Crippen LogP contribution in [0.25, 0.3) is 43.1 Å². The Morgan fingerprint density at radius 2 is 0.417 bits per heavy atom. The average molecular weight is 550 g/mol. The highest BCUT2D eigenvalue weighted by Gasteiger charge is 2.13. The first-order chi connectivity index (χ1) is 17.7. The van der Waals surface area contributed by atoms with E-state index in [1.165, 1.54) is 65.3 Å². The topological polar surface area (TPSA) is 0 Å². The molecule has 180 valence electrons. The highest BCUT2D eigenvalue weighted by Crippen LogP contribution is 2.35. The molecule has 6 aromatic carbocycles. The van der Waals surface area contributed by atoms with Gasteiger partial charge in [-0.15, -0.1) is 46.4 Å². The largest absolute Gasteiger partial charge is 0.122 e. The Hall–Kier alpha value is -2.48. The zero-order valence-electron chi connectivity index (χ0n) is 19.6. The maximum atomic E-state index is 6.15. The Morgan fingerprint density at radius 3 is 0.528 bits per heavy atom. The molecule has 0 N–H and O–H groups in total. The van der Waals surface area contributed by atoms with Crippen LogP contribution in [0, 0.1) is 0 Å². The van der Waals surface area contributed by atoms with Crippen molar-refractivity contribution in [2.24, 2.45) is 0 Å². The van der Waals surface area contributed by atoms with Crippen LogP contribution in [0.2, 0.25) is 0 Å². The van der Waals surface area contributed by atoms with E-state index in [1.54, 1.807) is 0 Å². The van der Waals surface area contributed by atoms with Crippen LogP contribution in [0.5, 0.6) is 0 Å². The molecular weight excluding hydrogens is 526 g/mol. The second kappa shape index (κ2) is 11.3. The average Bonchev–Trinajstić information content (AvgIpc) is 2.94. The van der Waals surface area contributed by atoms with E-state index in [9.17, 15) is 0 Å². The SMILES string of the molecule is ClCc1c2ccccc2c(CCl)c2ccccc12.ClCc1c2ccccc2c(CCl)c2ccccc12. The summed E-state index contributed by atoms with van der Waals surface area (Å²) in [7, 11) is 0. The molecule has 0 radical (unpaired) electrons. The smallest absolute Gasteiger partial charge is 0.0486 e. The third-order valence-electron chi connectivity index (χ3n) is 6.84. The summed E-state index contributed by atoms with van der Waals surface area (Å²) in [5.74, 6) is 2.07. The van der Waals surface area contributed by atoms with Crippen molar-refractivity contribution in [3.8, 4) is 0 Å². The summed E-state index contributed by atoms with van der Waals surface area (Å²) < 4.78 is 0. The fraction of sp³-hybridized carbons (Fsp3) is 0.125. The Labute approximate surface area is 231 Å². The Balaban J connectivity index is 0.000000148. The lowest BCUT2D eigenvalue weighted by atomic mass is 9.93. The van der Waals surface area contributed by atoms with Crippen molar-refractivity contribution in [1.82, 2.24) is 0 Å². The molecule has 0 bridgehead atoms. The molecule has 0 unspecified atom stereocenters. The maximum absolute atomic E-state index is 6.15. The molecule has 0 saturated heterocycles. The van der Waals surface area contributed by atoms with Crippen molar-refractivity contribution < 1.29 is 0 Å². The molecular formula is C32H24Cl4. The van der Waals surface area contributed by atoms with E-state index < -0.39 is 0 Å². The van der Waals surface area contributed by atoms with Crippen molar-refractivity contribution in [3.05, 3.63) is 119 Å². The van der Waals surface area contributed by atoms with Gasteiger partial charge in [0, 0.05) is 23.5 Å². The maximum Gasteiger partial charge on any atom is 0.0486 e. The summed E-state index contributed by atoms with van der Waals surface area (Å²) >= 11 is 24.6. The minimum Gasteiger partial charge on any atom is -0.122 e. The molecule has 0 aliphatic carbocycles. The number of halogens is 4. The second-order valence-electron chi connectivity index (χ2n) is 8.63. The Kier molecular flexibility index (Phi) is 7.89. The van der Waals surface area contributed by atoms with E-state index >= 15 is 0 Å². The number of alkyl halides is 4. The predicted octanol–water partition coefficient (Wildman–Crippen LogP) is 10.9. The molecule has 0 nitrogen and oxygen atoms in total. The van der Waals surface area contributed by atoms with Crippen LogP contribution < -0.4 is 0 Å². The summed E-state index contributed by atoms with van der Waals surface area (Å²) in [6.45, 7) is 0. The van der Waals surface area contributed by atoms with Crippen LogP contribution in [0.1, 0.15) is 22.3 Å². The zero-order chi connectivity index (χ0) is 25.1. The first kappa shape index (κ1) is 25.2. The molecule has 0 aliphatic heterocycles. The van der Waals surface area contributed by atoms with Crippen molar-refractivity contribution in [3.63, 3.8) is 0 Å². The van der Waals surface area contributed by atoms with E-state index in [4.69, 9.17) is 46.4 Å². The van der Waals surface area contributed by atoms with Gasteiger partial charge in [-0.2, -0.15) is 0 Å². The molecule has 0 atom stereocenters. The van der Waals surface area contributed by atoms with Crippen molar-refractivity contribution in [2.75, 3.05) is 0 Å². The number of hydrogen-bond acceptors (Lipinski definition) is 0. The fourth-order valence-electron chi connectivity index (χ4n) is 5.19. The standard InChI is InChI=1S/2C16H12Cl2/c2*17-9-15-11-5-1-2-6-12(11)16(10-18)14-8-4-3-7-13(14)15/h2*1-8H,9-10H2. The number of hydrogen-bond donors (Lipinski definition) is 0. The van der Waals surface area contributed by atoms with Gasteiger partial charge in [0.05, 0.1) is 0 Å². The first-order valence-corrected chi connectivity index (χ1v) is 13.9. The molecule has 0 heterocycles. The third-order valence-corrected chi connectivity index (χ3v) is 7.91. The van der Waals surface area contributed by atoms with Gasteiger partial charge in [0.25, 0.3) is 0 Å². The van der Waals surface area contributed by atoms with Crippen LogP contribution in [-0.2, 0) is 23.5 Å². The fourth-order valence-corrected chi connectivity index (χ4v) is 6.35. The van der Waals surface area contributed by atoms with Crippen LogP contribution in [0.15, 0.2) is 97.1 Å². The number of benzene rings is 6. The molecule has 6 aromatic rings. The molecule has 0 aromatic heterocycles. The second-order valence-corrected chi connectivity index (χ2v) is 9.70. The Bertz CT molecular complexity index is 1320. The minimum absolute atomic E-state index is 0.517. The van der Waals surface area contributed by atoms with Crippen LogP contribution >= 0.6 is 46.4 Å². The Morgan fingerprint density at radius 1 is 0.278 bits per heavy atom. The van der Waals surface area contributed by atoms with Crippen LogP contribution in [0.3, 0.4) is 0 Å². The molecule has 0 aliphatic rings. The zero-order valence-corrected chi connectivity index (χ0v) is 22.6. The van der Waals surface area contributed by atoms with Crippen molar-refractivity contribution >= 4 is 89.5 Å². The molecule has 0 fully saturated rings. The van der Waals surface area contributed by atoms with Gasteiger partial charge in [-0.3, -0.25) is 0 Å². The van der Waals surface area contributed by atoms with Gasteiger partial charge in [0.15, 0.2) is 0 Å². The van der Waals surface area contributed by atoms with Gasteiger partial charge < -0.3 is 0 Å². The van der Waals surface area contributed by atoms with Gasteiger partial charge in [0.2, 0.25) is 0 Å². The predicted molar refractivity (Wildman–Crippen MR) is 161 cm³/mol. The number of rotatable bonds is 4.